The van der Waals surface area contributed by atoms with E-state index in [1.807, 2.05) is 12.1 Å². The summed E-state index contributed by atoms with van der Waals surface area (Å²) in [7, 11) is 3.08. The van der Waals surface area contributed by atoms with Crippen LogP contribution in [0.15, 0.2) is 36.4 Å². The number of hydrogen-bond acceptors (Lipinski definition) is 6. The second kappa shape index (κ2) is 6.80. The summed E-state index contributed by atoms with van der Waals surface area (Å²) in [5, 5.41) is 9.84. The van der Waals surface area contributed by atoms with Gasteiger partial charge in [-0.3, -0.25) is 0 Å². The van der Waals surface area contributed by atoms with Gasteiger partial charge in [0.1, 0.15) is 17.4 Å². The largest absolute Gasteiger partial charge is 0.507 e. The van der Waals surface area contributed by atoms with Crippen LogP contribution in [-0.2, 0) is 15.9 Å². The Morgan fingerprint density at radius 3 is 2.79 bits per heavy atom. The van der Waals surface area contributed by atoms with Crippen molar-refractivity contribution in [3.63, 3.8) is 0 Å². The van der Waals surface area contributed by atoms with Gasteiger partial charge in [-0.1, -0.05) is 18.2 Å². The highest BCUT2D eigenvalue weighted by Gasteiger charge is 2.30. The summed E-state index contributed by atoms with van der Waals surface area (Å²) in [6, 6.07) is 10.4. The van der Waals surface area contributed by atoms with E-state index in [9.17, 15) is 9.90 Å². The fourth-order valence-corrected chi connectivity index (χ4v) is 2.74. The van der Waals surface area contributed by atoms with Gasteiger partial charge >= 0.3 is 5.97 Å². The second-order valence-corrected chi connectivity index (χ2v) is 5.37. The summed E-state index contributed by atoms with van der Waals surface area (Å²) in [6.07, 6.45) is 0.0218. The lowest BCUT2D eigenvalue weighted by Gasteiger charge is -2.26. The molecule has 1 aliphatic heterocycles. The van der Waals surface area contributed by atoms with Gasteiger partial charge in [0, 0.05) is 13.5 Å². The highest BCUT2D eigenvalue weighted by molar-refractivity contribution is 5.95. The molecular weight excluding hydrogens is 312 g/mol. The molecule has 0 radical (unpaired) electrons. The molecule has 3 rings (SSSR count). The second-order valence-electron chi connectivity index (χ2n) is 5.37. The number of fused-ring (bicyclic) bond motifs is 1. The predicted octanol–water partition coefficient (Wildman–Crippen LogP) is 2.84. The first-order valence-corrected chi connectivity index (χ1v) is 7.45. The van der Waals surface area contributed by atoms with E-state index in [1.165, 1.54) is 13.2 Å². The Bertz CT molecular complexity index is 755. The summed E-state index contributed by atoms with van der Waals surface area (Å²) in [6.45, 7) is 0.0843. The molecule has 0 saturated heterocycles. The molecule has 1 N–H and O–H groups in total. The predicted molar refractivity (Wildman–Crippen MR) is 85.5 cm³/mol. The molecule has 24 heavy (non-hydrogen) atoms. The van der Waals surface area contributed by atoms with Gasteiger partial charge in [-0.05, 0) is 29.3 Å². The number of benzene rings is 2. The van der Waals surface area contributed by atoms with Crippen LogP contribution in [0.4, 0.5) is 0 Å². The lowest BCUT2D eigenvalue weighted by Crippen LogP contribution is -2.22. The maximum Gasteiger partial charge on any atom is 0.342 e. The lowest BCUT2D eigenvalue weighted by atomic mass is 9.94. The van der Waals surface area contributed by atoms with E-state index in [1.54, 1.807) is 25.3 Å². The molecule has 0 aliphatic carbocycles. The first kappa shape index (κ1) is 16.1. The normalized spacial score (nSPS) is 16.2. The number of aromatic hydroxyl groups is 1. The summed E-state index contributed by atoms with van der Waals surface area (Å²) in [5.74, 6) is 0.481. The zero-order chi connectivity index (χ0) is 17.1. The smallest absolute Gasteiger partial charge is 0.342 e. The van der Waals surface area contributed by atoms with Crippen LogP contribution in [-0.4, -0.2) is 32.1 Å². The number of ether oxygens (including phenoxy) is 4. The third kappa shape index (κ3) is 3.00. The van der Waals surface area contributed by atoms with E-state index in [4.69, 9.17) is 18.9 Å². The van der Waals surface area contributed by atoms with E-state index >= 15 is 0 Å². The Hall–Kier alpha value is -2.73. The molecule has 6 nitrogen and oxygen atoms in total. The van der Waals surface area contributed by atoms with Gasteiger partial charge < -0.3 is 24.1 Å². The average molecular weight is 330 g/mol. The molecule has 2 aromatic rings. The van der Waals surface area contributed by atoms with Crippen LogP contribution in [0, 0.1) is 0 Å². The lowest BCUT2D eigenvalue weighted by molar-refractivity contribution is 0.0244. The third-order valence-corrected chi connectivity index (χ3v) is 3.88. The van der Waals surface area contributed by atoms with Crippen LogP contribution in [0.5, 0.6) is 17.2 Å². The fraction of sp³-hybridized carbons (Fsp3) is 0.278. The third-order valence-electron chi connectivity index (χ3n) is 3.88. The number of cyclic esters (lactones) is 1. The summed E-state index contributed by atoms with van der Waals surface area (Å²) in [4.78, 5) is 12.2. The molecule has 6 heteroatoms. The Labute approximate surface area is 139 Å². The number of esters is 1. The average Bonchev–Trinajstić information content (AvgIpc) is 2.59. The van der Waals surface area contributed by atoms with E-state index in [-0.39, 0.29) is 18.1 Å². The van der Waals surface area contributed by atoms with Crippen molar-refractivity contribution < 1.29 is 28.8 Å². The van der Waals surface area contributed by atoms with Crippen molar-refractivity contribution in [3.8, 4) is 17.2 Å². The van der Waals surface area contributed by atoms with Gasteiger partial charge in [-0.15, -0.1) is 0 Å². The zero-order valence-electron chi connectivity index (χ0n) is 13.4. The molecule has 0 unspecified atom stereocenters. The molecule has 1 heterocycles. The van der Waals surface area contributed by atoms with Crippen molar-refractivity contribution in [2.75, 3.05) is 21.0 Å². The quantitative estimate of drug-likeness (QED) is 0.671. The van der Waals surface area contributed by atoms with Gasteiger partial charge in [-0.2, -0.15) is 0 Å². The Kier molecular flexibility index (Phi) is 4.57. The van der Waals surface area contributed by atoms with Crippen LogP contribution < -0.4 is 9.47 Å². The number of phenolic OH excluding ortho intramolecular Hbond substituents is 1. The monoisotopic (exact) mass is 330 g/mol. The maximum atomic E-state index is 12.2. The number of carbonyl (C=O) groups is 1. The maximum absolute atomic E-state index is 12.2. The molecule has 0 saturated carbocycles. The molecule has 1 aliphatic rings. The number of hydrogen-bond donors (Lipinski definition) is 1. The molecule has 1 atom stereocenters. The molecule has 0 amide bonds. The van der Waals surface area contributed by atoms with Crippen molar-refractivity contribution in [1.82, 2.24) is 0 Å². The summed E-state index contributed by atoms with van der Waals surface area (Å²) >= 11 is 0. The van der Waals surface area contributed by atoms with Crippen molar-refractivity contribution in [2.45, 2.75) is 12.5 Å². The standard InChI is InChI=1S/C18H18O6/c1-21-10-23-16-8-11(6-7-14(16)22-2)15-9-12-4-3-5-13(19)17(12)18(20)24-15/h3-8,15,19H,9-10H2,1-2H3/t15-/m0/s1. The SMILES string of the molecule is COCOc1cc([C@@H]2Cc3cccc(O)c3C(=O)O2)ccc1OC. The van der Waals surface area contributed by atoms with Gasteiger partial charge in [0.15, 0.2) is 18.3 Å². The van der Waals surface area contributed by atoms with E-state index in [0.717, 1.165) is 11.1 Å². The van der Waals surface area contributed by atoms with Crippen LogP contribution in [0.3, 0.4) is 0 Å². The van der Waals surface area contributed by atoms with Crippen molar-refractivity contribution in [1.29, 1.82) is 0 Å². The molecule has 0 bridgehead atoms. The molecular formula is C18H18O6. The highest BCUT2D eigenvalue weighted by Crippen LogP contribution is 2.37. The van der Waals surface area contributed by atoms with Crippen molar-refractivity contribution in [3.05, 3.63) is 53.1 Å². The number of carbonyl (C=O) groups excluding carboxylic acids is 1. The molecule has 0 spiro atoms. The van der Waals surface area contributed by atoms with Crippen molar-refractivity contribution in [2.24, 2.45) is 0 Å². The summed E-state index contributed by atoms with van der Waals surface area (Å²) in [5.41, 5.74) is 1.77. The van der Waals surface area contributed by atoms with Crippen LogP contribution >= 0.6 is 0 Å². The van der Waals surface area contributed by atoms with Crippen molar-refractivity contribution >= 4 is 5.97 Å². The minimum atomic E-state index is -0.533. The van der Waals surface area contributed by atoms with Gasteiger partial charge in [0.05, 0.1) is 7.11 Å². The van der Waals surface area contributed by atoms with Gasteiger partial charge in [0.2, 0.25) is 0 Å². The molecule has 126 valence electrons. The number of methoxy groups -OCH3 is 2. The first-order valence-electron chi connectivity index (χ1n) is 7.45. The van der Waals surface area contributed by atoms with Gasteiger partial charge in [-0.25, -0.2) is 4.79 Å². The van der Waals surface area contributed by atoms with E-state index in [0.29, 0.717) is 17.9 Å². The van der Waals surface area contributed by atoms with Crippen LogP contribution in [0.25, 0.3) is 0 Å². The fourth-order valence-electron chi connectivity index (χ4n) is 2.74. The molecule has 0 aromatic heterocycles. The van der Waals surface area contributed by atoms with Crippen LogP contribution in [0.1, 0.15) is 27.6 Å². The summed E-state index contributed by atoms with van der Waals surface area (Å²) < 4.78 is 21.2. The number of phenols is 1. The van der Waals surface area contributed by atoms with Crippen LogP contribution in [0.2, 0.25) is 0 Å². The molecule has 0 fully saturated rings. The Morgan fingerprint density at radius 2 is 2.04 bits per heavy atom. The molecule has 2 aromatic carbocycles. The minimum absolute atomic E-state index is 0.0604. The first-order chi connectivity index (χ1) is 11.6. The number of rotatable bonds is 5. The van der Waals surface area contributed by atoms with E-state index < -0.39 is 12.1 Å². The zero-order valence-corrected chi connectivity index (χ0v) is 13.4. The Morgan fingerprint density at radius 1 is 1.21 bits per heavy atom. The van der Waals surface area contributed by atoms with Gasteiger partial charge in [0.25, 0.3) is 0 Å². The Balaban J connectivity index is 1.91. The highest BCUT2D eigenvalue weighted by atomic mass is 16.7. The van der Waals surface area contributed by atoms with E-state index in [2.05, 4.69) is 0 Å². The minimum Gasteiger partial charge on any atom is -0.507 e. The topological polar surface area (TPSA) is 74.2 Å².